The van der Waals surface area contributed by atoms with Crippen LogP contribution in [0, 0.1) is 0 Å². The van der Waals surface area contributed by atoms with Crippen LogP contribution in [-0.2, 0) is 14.3 Å². The third-order valence-corrected chi connectivity index (χ3v) is 5.95. The Kier molecular flexibility index (Phi) is 7.72. The molecule has 2 aromatic carbocycles. The van der Waals surface area contributed by atoms with Crippen LogP contribution < -0.4 is 5.32 Å². The second kappa shape index (κ2) is 10.5. The van der Waals surface area contributed by atoms with E-state index in [1.54, 1.807) is 23.9 Å². The van der Waals surface area contributed by atoms with Crippen molar-refractivity contribution in [2.24, 2.45) is 0 Å². The first-order chi connectivity index (χ1) is 14.0. The molecule has 0 saturated carbocycles. The van der Waals surface area contributed by atoms with Crippen molar-refractivity contribution in [2.75, 3.05) is 24.3 Å². The van der Waals surface area contributed by atoms with Crippen LogP contribution in [0.5, 0.6) is 0 Å². The minimum Gasteiger partial charge on any atom is -0.452 e. The van der Waals surface area contributed by atoms with Gasteiger partial charge in [0.25, 0.3) is 5.91 Å². The number of ether oxygens (including phenoxy) is 2. The summed E-state index contributed by atoms with van der Waals surface area (Å²) < 4.78 is 10.9. The highest BCUT2D eigenvalue weighted by Gasteiger charge is 2.19. The zero-order valence-corrected chi connectivity index (χ0v) is 17.7. The van der Waals surface area contributed by atoms with Crippen LogP contribution in [0.25, 0.3) is 0 Å². The van der Waals surface area contributed by atoms with E-state index in [-0.39, 0.29) is 24.5 Å². The van der Waals surface area contributed by atoms with Crippen LogP contribution in [0.15, 0.2) is 53.4 Å². The highest BCUT2D eigenvalue weighted by molar-refractivity contribution is 7.99. The topological polar surface area (TPSA) is 64.6 Å². The number of anilines is 1. The van der Waals surface area contributed by atoms with Gasteiger partial charge in [-0.2, -0.15) is 0 Å². The highest BCUT2D eigenvalue weighted by atomic mass is 32.2. The fraction of sp³-hybridized carbons (Fsp3) is 0.391. The molecule has 0 spiro atoms. The molecular weight excluding hydrogens is 386 g/mol. The third-order valence-electron chi connectivity index (χ3n) is 4.75. The summed E-state index contributed by atoms with van der Waals surface area (Å²) in [5.74, 6) is 0.238. The average Bonchev–Trinajstić information content (AvgIpc) is 3.24. The van der Waals surface area contributed by atoms with E-state index in [1.807, 2.05) is 36.4 Å². The number of thioether (sulfide) groups is 1. The van der Waals surface area contributed by atoms with Gasteiger partial charge < -0.3 is 14.8 Å². The third kappa shape index (κ3) is 6.08. The molecule has 154 valence electrons. The molecule has 2 aromatic rings. The minimum absolute atomic E-state index is 0.232. The summed E-state index contributed by atoms with van der Waals surface area (Å²) in [6, 6.07) is 15.0. The SMILES string of the molecule is CC(C)c1ccccc1NC(=O)COC(=O)c1ccccc1SC[C@H]1CCCO1. The first-order valence-electron chi connectivity index (χ1n) is 9.94. The molecule has 1 aliphatic rings. The lowest BCUT2D eigenvalue weighted by Gasteiger charge is -2.14. The lowest BCUT2D eigenvalue weighted by Crippen LogP contribution is -2.22. The molecule has 1 amide bonds. The smallest absolute Gasteiger partial charge is 0.339 e. The molecule has 1 heterocycles. The van der Waals surface area contributed by atoms with Crippen LogP contribution in [0.1, 0.15) is 48.5 Å². The van der Waals surface area contributed by atoms with Crippen molar-refractivity contribution in [3.8, 4) is 0 Å². The first-order valence-corrected chi connectivity index (χ1v) is 10.9. The molecule has 0 radical (unpaired) electrons. The van der Waals surface area contributed by atoms with Gasteiger partial charge in [-0.3, -0.25) is 4.79 Å². The molecular formula is C23H27NO4S. The van der Waals surface area contributed by atoms with Crippen molar-refractivity contribution < 1.29 is 19.1 Å². The number of carbonyl (C=O) groups is 2. The molecule has 29 heavy (non-hydrogen) atoms. The number of esters is 1. The van der Waals surface area contributed by atoms with Crippen LogP contribution in [0.3, 0.4) is 0 Å². The van der Waals surface area contributed by atoms with Crippen molar-refractivity contribution in [2.45, 2.75) is 43.6 Å². The highest BCUT2D eigenvalue weighted by Crippen LogP contribution is 2.27. The quantitative estimate of drug-likeness (QED) is 0.494. The van der Waals surface area contributed by atoms with E-state index in [0.29, 0.717) is 5.56 Å². The molecule has 3 rings (SSSR count). The minimum atomic E-state index is -0.493. The monoisotopic (exact) mass is 413 g/mol. The van der Waals surface area contributed by atoms with E-state index < -0.39 is 5.97 Å². The average molecular weight is 414 g/mol. The fourth-order valence-electron chi connectivity index (χ4n) is 3.23. The maximum atomic E-state index is 12.5. The zero-order valence-electron chi connectivity index (χ0n) is 16.9. The largest absolute Gasteiger partial charge is 0.452 e. The second-order valence-corrected chi connectivity index (χ2v) is 8.37. The molecule has 5 nitrogen and oxygen atoms in total. The second-order valence-electron chi connectivity index (χ2n) is 7.31. The molecule has 0 bridgehead atoms. The van der Waals surface area contributed by atoms with E-state index in [0.717, 1.165) is 41.3 Å². The lowest BCUT2D eigenvalue weighted by molar-refractivity contribution is -0.119. The summed E-state index contributed by atoms with van der Waals surface area (Å²) in [5, 5.41) is 2.84. The van der Waals surface area contributed by atoms with Gasteiger partial charge in [-0.05, 0) is 42.5 Å². The molecule has 1 fully saturated rings. The first kappa shape index (κ1) is 21.4. The Morgan fingerprint density at radius 3 is 2.69 bits per heavy atom. The van der Waals surface area contributed by atoms with Gasteiger partial charge >= 0.3 is 5.97 Å². The standard InChI is InChI=1S/C23H27NO4S/c1-16(2)18-9-3-5-11-20(18)24-22(25)14-28-23(26)19-10-4-6-12-21(19)29-15-17-8-7-13-27-17/h3-6,9-12,16-17H,7-8,13-15H2,1-2H3,(H,24,25)/t17-/m1/s1. The summed E-state index contributed by atoms with van der Waals surface area (Å²) in [7, 11) is 0. The fourth-order valence-corrected chi connectivity index (χ4v) is 4.34. The molecule has 0 aliphatic carbocycles. The number of benzene rings is 2. The predicted molar refractivity (Wildman–Crippen MR) is 116 cm³/mol. The van der Waals surface area contributed by atoms with E-state index in [4.69, 9.17) is 9.47 Å². The van der Waals surface area contributed by atoms with Gasteiger partial charge in [-0.1, -0.05) is 44.2 Å². The van der Waals surface area contributed by atoms with Gasteiger partial charge in [0.15, 0.2) is 6.61 Å². The summed E-state index contributed by atoms with van der Waals surface area (Å²) in [6.45, 7) is 4.62. The van der Waals surface area contributed by atoms with Gasteiger partial charge in [0.1, 0.15) is 0 Å². The van der Waals surface area contributed by atoms with Crippen LogP contribution in [0.4, 0.5) is 5.69 Å². The van der Waals surface area contributed by atoms with Gasteiger partial charge in [-0.15, -0.1) is 11.8 Å². The predicted octanol–water partition coefficient (Wildman–Crippen LogP) is 4.88. The Morgan fingerprint density at radius 2 is 1.93 bits per heavy atom. The number of hydrogen-bond acceptors (Lipinski definition) is 5. The number of para-hydroxylation sites is 1. The van der Waals surface area contributed by atoms with E-state index in [9.17, 15) is 9.59 Å². The molecule has 1 aliphatic heterocycles. The van der Waals surface area contributed by atoms with Crippen LogP contribution >= 0.6 is 11.8 Å². The van der Waals surface area contributed by atoms with Crippen molar-refractivity contribution in [1.29, 1.82) is 0 Å². The van der Waals surface area contributed by atoms with Gasteiger partial charge in [-0.25, -0.2) is 4.79 Å². The molecule has 1 saturated heterocycles. The van der Waals surface area contributed by atoms with E-state index in [2.05, 4.69) is 19.2 Å². The van der Waals surface area contributed by atoms with Gasteiger partial charge in [0.2, 0.25) is 0 Å². The van der Waals surface area contributed by atoms with Crippen molar-refractivity contribution in [1.82, 2.24) is 0 Å². The summed E-state index contributed by atoms with van der Waals surface area (Å²) >= 11 is 1.59. The summed E-state index contributed by atoms with van der Waals surface area (Å²) in [4.78, 5) is 25.7. The molecule has 0 unspecified atom stereocenters. The van der Waals surface area contributed by atoms with Crippen LogP contribution in [0.2, 0.25) is 0 Å². The van der Waals surface area contributed by atoms with Crippen molar-refractivity contribution in [3.63, 3.8) is 0 Å². The summed E-state index contributed by atoms with van der Waals surface area (Å²) in [5.41, 5.74) is 2.27. The van der Waals surface area contributed by atoms with E-state index >= 15 is 0 Å². The Hall–Kier alpha value is -2.31. The Morgan fingerprint density at radius 1 is 1.17 bits per heavy atom. The number of rotatable bonds is 8. The number of nitrogens with one attached hydrogen (secondary N) is 1. The van der Waals surface area contributed by atoms with Crippen molar-refractivity contribution in [3.05, 3.63) is 59.7 Å². The Labute approximate surface area is 176 Å². The number of carbonyl (C=O) groups excluding carboxylic acids is 2. The molecule has 0 aromatic heterocycles. The number of hydrogen-bond donors (Lipinski definition) is 1. The lowest BCUT2D eigenvalue weighted by atomic mass is 10.0. The van der Waals surface area contributed by atoms with E-state index in [1.165, 1.54) is 0 Å². The molecule has 6 heteroatoms. The maximum absolute atomic E-state index is 12.5. The number of amides is 1. The Balaban J connectivity index is 1.56. The zero-order chi connectivity index (χ0) is 20.6. The normalized spacial score (nSPS) is 16.0. The summed E-state index contributed by atoms with van der Waals surface area (Å²) in [6.07, 6.45) is 2.37. The molecule has 1 atom stereocenters. The van der Waals surface area contributed by atoms with Crippen molar-refractivity contribution >= 4 is 29.3 Å². The Bertz CT molecular complexity index is 846. The molecule has 1 N–H and O–H groups in total. The van der Waals surface area contributed by atoms with Gasteiger partial charge in [0, 0.05) is 22.9 Å². The van der Waals surface area contributed by atoms with Gasteiger partial charge in [0.05, 0.1) is 11.7 Å². The van der Waals surface area contributed by atoms with Crippen LogP contribution in [-0.4, -0.2) is 36.9 Å². The maximum Gasteiger partial charge on any atom is 0.339 e.